The van der Waals surface area contributed by atoms with Crippen LogP contribution in [0.1, 0.15) is 46.8 Å². The number of hydrogen-bond acceptors (Lipinski definition) is 1. The third-order valence-electron chi connectivity index (χ3n) is 3.09. The molecule has 0 bridgehead atoms. The summed E-state index contributed by atoms with van der Waals surface area (Å²) in [6.07, 6.45) is 2.05. The van der Waals surface area contributed by atoms with Crippen LogP contribution in [0.5, 0.6) is 0 Å². The number of nitrogens with one attached hydrogen (secondary N) is 1. The summed E-state index contributed by atoms with van der Waals surface area (Å²) in [6, 6.07) is 4.11. The van der Waals surface area contributed by atoms with Crippen molar-refractivity contribution in [1.29, 1.82) is 0 Å². The van der Waals surface area contributed by atoms with E-state index >= 15 is 0 Å². The first-order chi connectivity index (χ1) is 8.45. The molecule has 0 fully saturated rings. The van der Waals surface area contributed by atoms with Gasteiger partial charge < -0.3 is 5.32 Å². The lowest BCUT2D eigenvalue weighted by Gasteiger charge is -2.12. The van der Waals surface area contributed by atoms with Crippen molar-refractivity contribution in [1.82, 2.24) is 5.32 Å². The topological polar surface area (TPSA) is 29.1 Å². The van der Waals surface area contributed by atoms with Crippen LogP contribution in [-0.4, -0.2) is 17.3 Å². The van der Waals surface area contributed by atoms with Crippen LogP contribution in [0.15, 0.2) is 12.1 Å². The van der Waals surface area contributed by atoms with E-state index < -0.39 is 0 Å². The lowest BCUT2D eigenvalue weighted by atomic mass is 9.99. The highest BCUT2D eigenvalue weighted by Crippen LogP contribution is 2.16. The summed E-state index contributed by atoms with van der Waals surface area (Å²) in [5, 5.41) is 3.00. The van der Waals surface area contributed by atoms with Crippen LogP contribution >= 0.6 is 15.9 Å². The molecular formula is C15H22BrNO. The van der Waals surface area contributed by atoms with Gasteiger partial charge in [0.05, 0.1) is 0 Å². The number of amides is 1. The molecule has 1 aromatic rings. The summed E-state index contributed by atoms with van der Waals surface area (Å²) in [7, 11) is 0. The predicted molar refractivity (Wildman–Crippen MR) is 80.6 cm³/mol. The molecule has 0 aliphatic rings. The van der Waals surface area contributed by atoms with E-state index in [1.165, 1.54) is 5.56 Å². The SMILES string of the molecule is CCC(Br)CCNC(=O)c1c(C)cc(C)cc1C. The van der Waals surface area contributed by atoms with Crippen molar-refractivity contribution in [2.24, 2.45) is 0 Å². The average Bonchev–Trinajstić information content (AvgIpc) is 2.27. The Kier molecular flexibility index (Phi) is 5.86. The molecule has 3 heteroatoms. The molecule has 0 saturated heterocycles. The van der Waals surface area contributed by atoms with Gasteiger partial charge in [-0.1, -0.05) is 40.5 Å². The Morgan fingerprint density at radius 1 is 1.28 bits per heavy atom. The second-order valence-corrected chi connectivity index (χ2v) is 6.12. The smallest absolute Gasteiger partial charge is 0.251 e. The van der Waals surface area contributed by atoms with E-state index in [4.69, 9.17) is 0 Å². The maximum absolute atomic E-state index is 12.1. The molecular weight excluding hydrogens is 290 g/mol. The van der Waals surface area contributed by atoms with Gasteiger partial charge in [-0.25, -0.2) is 0 Å². The largest absolute Gasteiger partial charge is 0.352 e. The summed E-state index contributed by atoms with van der Waals surface area (Å²) in [5.74, 6) is 0.0424. The number of alkyl halides is 1. The fourth-order valence-corrected chi connectivity index (χ4v) is 2.40. The lowest BCUT2D eigenvalue weighted by molar-refractivity contribution is 0.0952. The second-order valence-electron chi connectivity index (χ2n) is 4.82. The Hall–Kier alpha value is -0.830. The highest BCUT2D eigenvalue weighted by molar-refractivity contribution is 9.09. The molecule has 0 spiro atoms. The summed E-state index contributed by atoms with van der Waals surface area (Å²) in [4.78, 5) is 12.6. The molecule has 0 radical (unpaired) electrons. The predicted octanol–water partition coefficient (Wildman–Crippen LogP) is 3.91. The summed E-state index contributed by atoms with van der Waals surface area (Å²) in [5.41, 5.74) is 4.13. The second kappa shape index (κ2) is 6.93. The van der Waals surface area contributed by atoms with Crippen molar-refractivity contribution >= 4 is 21.8 Å². The Balaban J connectivity index is 2.67. The van der Waals surface area contributed by atoms with Crippen molar-refractivity contribution in [2.45, 2.75) is 45.4 Å². The van der Waals surface area contributed by atoms with E-state index in [2.05, 4.69) is 47.2 Å². The van der Waals surface area contributed by atoms with E-state index in [0.717, 1.165) is 36.1 Å². The quantitative estimate of drug-likeness (QED) is 0.821. The molecule has 1 N–H and O–H groups in total. The molecule has 0 saturated carbocycles. The first-order valence-corrected chi connectivity index (χ1v) is 7.37. The van der Waals surface area contributed by atoms with Crippen molar-refractivity contribution in [2.75, 3.05) is 6.54 Å². The highest BCUT2D eigenvalue weighted by atomic mass is 79.9. The molecule has 100 valence electrons. The van der Waals surface area contributed by atoms with Gasteiger partial charge in [0, 0.05) is 16.9 Å². The molecule has 1 amide bonds. The van der Waals surface area contributed by atoms with Crippen LogP contribution in [0, 0.1) is 20.8 Å². The first kappa shape index (κ1) is 15.2. The molecule has 1 aromatic carbocycles. The molecule has 0 aromatic heterocycles. The Morgan fingerprint density at radius 2 is 1.83 bits per heavy atom. The van der Waals surface area contributed by atoms with Crippen molar-refractivity contribution in [3.05, 3.63) is 34.4 Å². The van der Waals surface area contributed by atoms with E-state index in [-0.39, 0.29) is 5.91 Å². The van der Waals surface area contributed by atoms with Gasteiger partial charge >= 0.3 is 0 Å². The maximum Gasteiger partial charge on any atom is 0.251 e. The van der Waals surface area contributed by atoms with Gasteiger partial charge in [-0.15, -0.1) is 0 Å². The third kappa shape index (κ3) is 4.13. The Morgan fingerprint density at radius 3 is 2.33 bits per heavy atom. The number of carbonyl (C=O) groups excluding carboxylic acids is 1. The normalized spacial score (nSPS) is 12.3. The van der Waals surface area contributed by atoms with Gasteiger partial charge in [0.25, 0.3) is 5.91 Å². The molecule has 2 nitrogen and oxygen atoms in total. The number of aryl methyl sites for hydroxylation is 3. The molecule has 1 atom stereocenters. The first-order valence-electron chi connectivity index (χ1n) is 6.45. The minimum Gasteiger partial charge on any atom is -0.352 e. The van der Waals surface area contributed by atoms with Crippen molar-refractivity contribution in [3.8, 4) is 0 Å². The fraction of sp³-hybridized carbons (Fsp3) is 0.533. The van der Waals surface area contributed by atoms with Crippen LogP contribution in [0.3, 0.4) is 0 Å². The van der Waals surface area contributed by atoms with E-state index in [0.29, 0.717) is 4.83 Å². The van der Waals surface area contributed by atoms with Crippen LogP contribution in [0.4, 0.5) is 0 Å². The standard InChI is InChI=1S/C15H22BrNO/c1-5-13(16)6-7-17-15(18)14-11(3)8-10(2)9-12(14)4/h8-9,13H,5-7H2,1-4H3,(H,17,18). The van der Waals surface area contributed by atoms with Gasteiger partial charge in [0.15, 0.2) is 0 Å². The van der Waals surface area contributed by atoms with Gasteiger partial charge in [-0.3, -0.25) is 4.79 Å². The maximum atomic E-state index is 12.1. The number of carbonyl (C=O) groups is 1. The summed E-state index contributed by atoms with van der Waals surface area (Å²) >= 11 is 3.57. The monoisotopic (exact) mass is 311 g/mol. The zero-order valence-electron chi connectivity index (χ0n) is 11.6. The lowest BCUT2D eigenvalue weighted by Crippen LogP contribution is -2.27. The van der Waals surface area contributed by atoms with Gasteiger partial charge in [0.2, 0.25) is 0 Å². The van der Waals surface area contributed by atoms with E-state index in [1.807, 2.05) is 13.8 Å². The highest BCUT2D eigenvalue weighted by Gasteiger charge is 2.12. The molecule has 0 aliphatic heterocycles. The minimum absolute atomic E-state index is 0.0424. The zero-order chi connectivity index (χ0) is 13.7. The fourth-order valence-electron chi connectivity index (χ4n) is 2.17. The van der Waals surface area contributed by atoms with Crippen molar-refractivity contribution in [3.63, 3.8) is 0 Å². The Labute approximate surface area is 118 Å². The van der Waals surface area contributed by atoms with E-state index in [9.17, 15) is 4.79 Å². The van der Waals surface area contributed by atoms with Crippen LogP contribution in [-0.2, 0) is 0 Å². The van der Waals surface area contributed by atoms with E-state index in [1.54, 1.807) is 0 Å². The van der Waals surface area contributed by atoms with Crippen molar-refractivity contribution < 1.29 is 4.79 Å². The van der Waals surface area contributed by atoms with Gasteiger partial charge in [-0.05, 0) is 44.7 Å². The molecule has 0 heterocycles. The van der Waals surface area contributed by atoms with Crippen LogP contribution in [0.2, 0.25) is 0 Å². The Bertz CT molecular complexity index is 405. The molecule has 0 aliphatic carbocycles. The summed E-state index contributed by atoms with van der Waals surface area (Å²) in [6.45, 7) is 8.89. The minimum atomic E-state index is 0.0424. The zero-order valence-corrected chi connectivity index (χ0v) is 13.2. The number of benzene rings is 1. The summed E-state index contributed by atoms with van der Waals surface area (Å²) < 4.78 is 0. The molecule has 18 heavy (non-hydrogen) atoms. The number of halogens is 1. The van der Waals surface area contributed by atoms with Crippen LogP contribution < -0.4 is 5.32 Å². The number of hydrogen-bond donors (Lipinski definition) is 1. The number of rotatable bonds is 5. The molecule has 1 unspecified atom stereocenters. The van der Waals surface area contributed by atoms with Gasteiger partial charge in [-0.2, -0.15) is 0 Å². The third-order valence-corrected chi connectivity index (χ3v) is 4.20. The van der Waals surface area contributed by atoms with Crippen LogP contribution in [0.25, 0.3) is 0 Å². The van der Waals surface area contributed by atoms with Gasteiger partial charge in [0.1, 0.15) is 0 Å². The average molecular weight is 312 g/mol. The molecule has 1 rings (SSSR count).